The number of carbonyl (C=O) groups excluding carboxylic acids is 1. The number of esters is 1. The summed E-state index contributed by atoms with van der Waals surface area (Å²) in [6, 6.07) is 15.9. The third kappa shape index (κ3) is 3.66. The molecule has 0 atom stereocenters. The van der Waals surface area contributed by atoms with Crippen LogP contribution in [-0.2, 0) is 10.9 Å². The van der Waals surface area contributed by atoms with Gasteiger partial charge in [-0.15, -0.1) is 0 Å². The van der Waals surface area contributed by atoms with Crippen LogP contribution in [-0.4, -0.2) is 17.6 Å². The van der Waals surface area contributed by atoms with Gasteiger partial charge in [0.05, 0.1) is 23.4 Å². The van der Waals surface area contributed by atoms with Crippen LogP contribution in [0.3, 0.4) is 0 Å². The molecule has 0 spiro atoms. The lowest BCUT2D eigenvalue weighted by Gasteiger charge is -2.12. The number of halogens is 3. The van der Waals surface area contributed by atoms with Crippen LogP contribution in [0.15, 0.2) is 66.9 Å². The van der Waals surface area contributed by atoms with Crippen molar-refractivity contribution in [3.63, 3.8) is 0 Å². The van der Waals surface area contributed by atoms with Gasteiger partial charge in [-0.1, -0.05) is 12.1 Å². The van der Waals surface area contributed by atoms with E-state index < -0.39 is 17.7 Å². The number of alkyl halides is 3. The number of ether oxygens (including phenoxy) is 1. The maximum absolute atomic E-state index is 13.1. The van der Waals surface area contributed by atoms with Crippen molar-refractivity contribution in [2.45, 2.75) is 13.1 Å². The largest absolute Gasteiger partial charge is 0.462 e. The molecule has 146 valence electrons. The maximum Gasteiger partial charge on any atom is 0.416 e. The predicted molar refractivity (Wildman–Crippen MR) is 106 cm³/mol. The van der Waals surface area contributed by atoms with Crippen LogP contribution in [0, 0.1) is 0 Å². The molecule has 3 nitrogen and oxygen atoms in total. The second-order valence-corrected chi connectivity index (χ2v) is 6.59. The topological polar surface area (TPSA) is 39.2 Å². The van der Waals surface area contributed by atoms with Gasteiger partial charge in [-0.05, 0) is 77.0 Å². The fraction of sp³-hybridized carbons (Fsp3) is 0.130. The summed E-state index contributed by atoms with van der Waals surface area (Å²) >= 11 is 0. The Balaban J connectivity index is 1.97. The Morgan fingerprint density at radius 3 is 2.34 bits per heavy atom. The number of carbonyl (C=O) groups is 1. The fourth-order valence-corrected chi connectivity index (χ4v) is 3.34. The number of fused-ring (bicyclic) bond motifs is 2. The molecule has 0 aliphatic carbocycles. The number of benzene rings is 3. The van der Waals surface area contributed by atoms with Crippen molar-refractivity contribution in [1.82, 2.24) is 4.98 Å². The molecule has 0 unspecified atom stereocenters. The molecule has 29 heavy (non-hydrogen) atoms. The molecule has 0 fully saturated rings. The summed E-state index contributed by atoms with van der Waals surface area (Å²) in [5.41, 5.74) is 0.825. The molecule has 3 aromatic carbocycles. The monoisotopic (exact) mass is 395 g/mol. The molecule has 0 N–H and O–H groups in total. The zero-order valence-electron chi connectivity index (χ0n) is 15.5. The molecule has 0 saturated heterocycles. The van der Waals surface area contributed by atoms with E-state index in [0.29, 0.717) is 33.0 Å². The Kier molecular flexibility index (Phi) is 4.70. The van der Waals surface area contributed by atoms with Gasteiger partial charge in [-0.25, -0.2) is 4.79 Å². The standard InChI is InChI=1S/C23H16F3NO2/c1-2-29-22(28)20-13-16-9-14-6-7-18(23(24,25)26)11-15(14)10-17(16)12-19(20)21-5-3-4-8-27-21/h3-13H,2H2,1H3. The highest BCUT2D eigenvalue weighted by Gasteiger charge is 2.30. The van der Waals surface area contributed by atoms with Crippen LogP contribution in [0.5, 0.6) is 0 Å². The summed E-state index contributed by atoms with van der Waals surface area (Å²) in [5.74, 6) is -0.470. The van der Waals surface area contributed by atoms with Crippen molar-refractivity contribution >= 4 is 27.5 Å². The highest BCUT2D eigenvalue weighted by atomic mass is 19.4. The first-order valence-electron chi connectivity index (χ1n) is 9.04. The summed E-state index contributed by atoms with van der Waals surface area (Å²) < 4.78 is 44.4. The van der Waals surface area contributed by atoms with Gasteiger partial charge < -0.3 is 4.74 Å². The smallest absolute Gasteiger partial charge is 0.416 e. The first-order chi connectivity index (χ1) is 13.9. The van der Waals surface area contributed by atoms with Crippen molar-refractivity contribution in [2.75, 3.05) is 6.61 Å². The zero-order valence-corrected chi connectivity index (χ0v) is 15.5. The molecule has 0 bridgehead atoms. The molecular formula is C23H16F3NO2. The van der Waals surface area contributed by atoms with Crippen molar-refractivity contribution in [1.29, 1.82) is 0 Å². The van der Waals surface area contributed by atoms with E-state index in [-0.39, 0.29) is 6.61 Å². The molecule has 4 aromatic rings. The minimum atomic E-state index is -4.41. The normalized spacial score (nSPS) is 11.7. The predicted octanol–water partition coefficient (Wildman–Crippen LogP) is 6.25. The summed E-state index contributed by atoms with van der Waals surface area (Å²) in [6.45, 7) is 1.96. The van der Waals surface area contributed by atoms with E-state index in [1.54, 1.807) is 55.6 Å². The third-order valence-corrected chi connectivity index (χ3v) is 4.70. The Labute approximate surface area is 164 Å². The van der Waals surface area contributed by atoms with E-state index in [0.717, 1.165) is 17.5 Å². The minimum Gasteiger partial charge on any atom is -0.462 e. The molecule has 6 heteroatoms. The summed E-state index contributed by atoms with van der Waals surface area (Å²) in [7, 11) is 0. The number of hydrogen-bond acceptors (Lipinski definition) is 3. The van der Waals surface area contributed by atoms with Crippen LogP contribution in [0.1, 0.15) is 22.8 Å². The number of aromatic nitrogens is 1. The summed E-state index contributed by atoms with van der Waals surface area (Å²) in [4.78, 5) is 16.8. The first kappa shape index (κ1) is 18.9. The Hall–Kier alpha value is -3.41. The quantitative estimate of drug-likeness (QED) is 0.304. The Morgan fingerprint density at radius 1 is 0.931 bits per heavy atom. The van der Waals surface area contributed by atoms with E-state index in [1.165, 1.54) is 6.07 Å². The third-order valence-electron chi connectivity index (χ3n) is 4.70. The lowest BCUT2D eigenvalue weighted by Crippen LogP contribution is -2.07. The summed E-state index contributed by atoms with van der Waals surface area (Å²) in [6.07, 6.45) is -2.79. The lowest BCUT2D eigenvalue weighted by atomic mass is 9.95. The number of rotatable bonds is 3. The molecule has 0 aliphatic rings. The van der Waals surface area contributed by atoms with E-state index >= 15 is 0 Å². The second-order valence-electron chi connectivity index (χ2n) is 6.59. The molecule has 0 aliphatic heterocycles. The fourth-order valence-electron chi connectivity index (χ4n) is 3.34. The molecule has 1 heterocycles. The van der Waals surface area contributed by atoms with Crippen LogP contribution in [0.25, 0.3) is 32.8 Å². The average molecular weight is 395 g/mol. The lowest BCUT2D eigenvalue weighted by molar-refractivity contribution is -0.137. The van der Waals surface area contributed by atoms with E-state index in [2.05, 4.69) is 4.98 Å². The minimum absolute atomic E-state index is 0.233. The number of pyridine rings is 1. The van der Waals surface area contributed by atoms with Gasteiger partial charge in [0.2, 0.25) is 0 Å². The van der Waals surface area contributed by atoms with Crippen LogP contribution in [0.4, 0.5) is 13.2 Å². The second kappa shape index (κ2) is 7.20. The molecule has 0 saturated carbocycles. The van der Waals surface area contributed by atoms with Crippen molar-refractivity contribution < 1.29 is 22.7 Å². The van der Waals surface area contributed by atoms with Gasteiger partial charge >= 0.3 is 12.1 Å². The number of nitrogens with zero attached hydrogens (tertiary/aromatic N) is 1. The van der Waals surface area contributed by atoms with Gasteiger partial charge in [-0.3, -0.25) is 4.98 Å². The van der Waals surface area contributed by atoms with Gasteiger partial charge in [-0.2, -0.15) is 13.2 Å². The van der Waals surface area contributed by atoms with Gasteiger partial charge in [0.1, 0.15) is 0 Å². The average Bonchev–Trinajstić information content (AvgIpc) is 2.71. The van der Waals surface area contributed by atoms with Crippen molar-refractivity contribution in [2.24, 2.45) is 0 Å². The number of hydrogen-bond donors (Lipinski definition) is 0. The van der Waals surface area contributed by atoms with E-state index in [9.17, 15) is 18.0 Å². The Bertz CT molecular complexity index is 1220. The molecule has 1 aromatic heterocycles. The molecule has 0 radical (unpaired) electrons. The van der Waals surface area contributed by atoms with Crippen LogP contribution in [0.2, 0.25) is 0 Å². The SMILES string of the molecule is CCOC(=O)c1cc2cc3ccc(C(F)(F)F)cc3cc2cc1-c1ccccn1. The highest BCUT2D eigenvalue weighted by Crippen LogP contribution is 2.34. The van der Waals surface area contributed by atoms with Gasteiger partial charge in [0.15, 0.2) is 0 Å². The highest BCUT2D eigenvalue weighted by molar-refractivity contribution is 6.06. The van der Waals surface area contributed by atoms with Crippen molar-refractivity contribution in [3.8, 4) is 11.3 Å². The first-order valence-corrected chi connectivity index (χ1v) is 9.04. The Morgan fingerprint density at radius 2 is 1.66 bits per heavy atom. The van der Waals surface area contributed by atoms with E-state index in [4.69, 9.17) is 4.74 Å². The van der Waals surface area contributed by atoms with E-state index in [1.807, 2.05) is 0 Å². The maximum atomic E-state index is 13.1. The van der Waals surface area contributed by atoms with Crippen LogP contribution >= 0.6 is 0 Å². The molecule has 0 amide bonds. The zero-order chi connectivity index (χ0) is 20.6. The van der Waals surface area contributed by atoms with Gasteiger partial charge in [0, 0.05) is 11.8 Å². The van der Waals surface area contributed by atoms with Gasteiger partial charge in [0.25, 0.3) is 0 Å². The molecular weight excluding hydrogens is 379 g/mol. The van der Waals surface area contributed by atoms with Crippen molar-refractivity contribution in [3.05, 3.63) is 78.0 Å². The molecule has 4 rings (SSSR count). The summed E-state index contributed by atoms with van der Waals surface area (Å²) in [5, 5.41) is 2.58. The van der Waals surface area contributed by atoms with Crippen LogP contribution < -0.4 is 0 Å².